The smallest absolute Gasteiger partial charge is 0.338 e. The van der Waals surface area contributed by atoms with Crippen molar-refractivity contribution in [2.24, 2.45) is 4.99 Å². The molecule has 2 aromatic heterocycles. The lowest BCUT2D eigenvalue weighted by molar-refractivity contribution is -0.139. The van der Waals surface area contributed by atoms with E-state index >= 15 is 0 Å². The molecule has 166 valence electrons. The number of para-hydroxylation sites is 1. The summed E-state index contributed by atoms with van der Waals surface area (Å²) in [5.41, 5.74) is 1.25. The second-order valence-electron chi connectivity index (χ2n) is 6.91. The third-order valence-corrected chi connectivity index (χ3v) is 6.31. The molecule has 0 aliphatic carbocycles. The van der Waals surface area contributed by atoms with Gasteiger partial charge in [0.25, 0.3) is 5.56 Å². The number of benzene rings is 1. The van der Waals surface area contributed by atoms with Crippen molar-refractivity contribution in [3.63, 3.8) is 0 Å². The third-order valence-electron chi connectivity index (χ3n) is 4.90. The van der Waals surface area contributed by atoms with E-state index in [0.717, 1.165) is 0 Å². The summed E-state index contributed by atoms with van der Waals surface area (Å²) in [6, 6.07) is 10.2. The summed E-state index contributed by atoms with van der Waals surface area (Å²) in [5, 5.41) is 0. The van der Waals surface area contributed by atoms with Crippen LogP contribution >= 0.6 is 27.3 Å². The number of nitrogens with zero attached hydrogens (tertiary/aromatic N) is 2. The molecule has 7 nitrogen and oxygen atoms in total. The van der Waals surface area contributed by atoms with Crippen molar-refractivity contribution in [1.29, 1.82) is 0 Å². The van der Waals surface area contributed by atoms with Crippen molar-refractivity contribution in [3.8, 4) is 5.75 Å². The maximum atomic E-state index is 13.5. The third kappa shape index (κ3) is 4.10. The largest absolute Gasteiger partial charge is 0.494 e. The van der Waals surface area contributed by atoms with Gasteiger partial charge in [-0.3, -0.25) is 9.36 Å². The lowest BCUT2D eigenvalue weighted by Gasteiger charge is -2.26. The average Bonchev–Trinajstić information content (AvgIpc) is 3.30. The number of carbonyl (C=O) groups excluding carboxylic acids is 1. The van der Waals surface area contributed by atoms with Crippen LogP contribution in [0.15, 0.2) is 66.5 Å². The van der Waals surface area contributed by atoms with Crippen molar-refractivity contribution in [2.45, 2.75) is 26.8 Å². The molecule has 0 amide bonds. The zero-order valence-electron chi connectivity index (χ0n) is 17.8. The first-order valence-electron chi connectivity index (χ1n) is 10.1. The van der Waals surface area contributed by atoms with Gasteiger partial charge in [0.05, 0.1) is 29.0 Å². The van der Waals surface area contributed by atoms with Crippen LogP contribution in [0.3, 0.4) is 0 Å². The Bertz CT molecular complexity index is 1380. The SMILES string of the molecule is CCOC(=O)C1=C(C)N=c2s/c(=C\c3ccc(Br)o3)c(=O)n2[C@H]1c1ccccc1OCC. The Labute approximate surface area is 196 Å². The lowest BCUT2D eigenvalue weighted by Crippen LogP contribution is -2.40. The van der Waals surface area contributed by atoms with E-state index in [-0.39, 0.29) is 12.2 Å². The molecule has 9 heteroatoms. The van der Waals surface area contributed by atoms with Gasteiger partial charge in [0.1, 0.15) is 17.6 Å². The number of fused-ring (bicyclic) bond motifs is 1. The van der Waals surface area contributed by atoms with Crippen LogP contribution in [0, 0.1) is 0 Å². The number of aromatic nitrogens is 1. The quantitative estimate of drug-likeness (QED) is 0.467. The molecule has 0 spiro atoms. The van der Waals surface area contributed by atoms with Gasteiger partial charge in [0.15, 0.2) is 9.47 Å². The highest BCUT2D eigenvalue weighted by molar-refractivity contribution is 9.10. The fraction of sp³-hybridized carbons (Fsp3) is 0.261. The molecule has 3 aromatic rings. The van der Waals surface area contributed by atoms with Crippen LogP contribution in [0.4, 0.5) is 0 Å². The maximum Gasteiger partial charge on any atom is 0.338 e. The first kappa shape index (κ1) is 22.3. The van der Waals surface area contributed by atoms with Gasteiger partial charge in [0.2, 0.25) is 0 Å². The molecule has 4 rings (SSSR count). The number of esters is 1. The zero-order valence-corrected chi connectivity index (χ0v) is 20.2. The van der Waals surface area contributed by atoms with E-state index < -0.39 is 12.0 Å². The second-order valence-corrected chi connectivity index (χ2v) is 8.71. The minimum atomic E-state index is -0.724. The molecule has 1 aliphatic rings. The first-order chi connectivity index (χ1) is 15.4. The summed E-state index contributed by atoms with van der Waals surface area (Å²) in [5.74, 6) is 0.630. The van der Waals surface area contributed by atoms with Gasteiger partial charge in [-0.25, -0.2) is 9.79 Å². The number of carbonyl (C=O) groups is 1. The molecule has 0 saturated heterocycles. The van der Waals surface area contributed by atoms with Gasteiger partial charge in [-0.2, -0.15) is 0 Å². The van der Waals surface area contributed by atoms with Crippen molar-refractivity contribution in [3.05, 3.63) is 83.3 Å². The Morgan fingerprint density at radius 2 is 2.03 bits per heavy atom. The van der Waals surface area contributed by atoms with E-state index in [2.05, 4.69) is 20.9 Å². The van der Waals surface area contributed by atoms with Crippen molar-refractivity contribution in [1.82, 2.24) is 4.57 Å². The van der Waals surface area contributed by atoms with Crippen LogP contribution < -0.4 is 19.6 Å². The van der Waals surface area contributed by atoms with Crippen LogP contribution in [0.2, 0.25) is 0 Å². The topological polar surface area (TPSA) is 83.0 Å². The molecular formula is C23H21BrN2O5S. The average molecular weight is 517 g/mol. The number of rotatable bonds is 6. The first-order valence-corrected chi connectivity index (χ1v) is 11.7. The Morgan fingerprint density at radius 3 is 2.72 bits per heavy atom. The molecule has 32 heavy (non-hydrogen) atoms. The molecule has 1 atom stereocenters. The van der Waals surface area contributed by atoms with Gasteiger partial charge in [-0.15, -0.1) is 0 Å². The van der Waals surface area contributed by atoms with Crippen LogP contribution in [-0.2, 0) is 9.53 Å². The van der Waals surface area contributed by atoms with Crippen molar-refractivity contribution >= 4 is 39.3 Å². The number of halogens is 1. The van der Waals surface area contributed by atoms with E-state index in [1.54, 1.807) is 32.1 Å². The van der Waals surface area contributed by atoms with Crippen LogP contribution in [0.5, 0.6) is 5.75 Å². The van der Waals surface area contributed by atoms with E-state index in [1.165, 1.54) is 15.9 Å². The summed E-state index contributed by atoms with van der Waals surface area (Å²) >= 11 is 4.51. The maximum absolute atomic E-state index is 13.5. The summed E-state index contributed by atoms with van der Waals surface area (Å²) in [4.78, 5) is 31.5. The highest BCUT2D eigenvalue weighted by Gasteiger charge is 2.35. The van der Waals surface area contributed by atoms with Gasteiger partial charge in [0, 0.05) is 11.6 Å². The van der Waals surface area contributed by atoms with E-state index in [0.29, 0.717) is 49.0 Å². The molecule has 1 aliphatic heterocycles. The molecule has 0 bridgehead atoms. The minimum Gasteiger partial charge on any atom is -0.494 e. The predicted octanol–water partition coefficient (Wildman–Crippen LogP) is 3.55. The summed E-state index contributed by atoms with van der Waals surface area (Å²) in [6.45, 7) is 6.05. The summed E-state index contributed by atoms with van der Waals surface area (Å²) < 4.78 is 19.2. The normalized spacial score (nSPS) is 16.0. The van der Waals surface area contributed by atoms with Crippen molar-refractivity contribution < 1.29 is 18.7 Å². The summed E-state index contributed by atoms with van der Waals surface area (Å²) in [7, 11) is 0. The number of thiazole rings is 1. The molecule has 0 N–H and O–H groups in total. The van der Waals surface area contributed by atoms with Gasteiger partial charge in [-0.1, -0.05) is 29.5 Å². The highest BCUT2D eigenvalue weighted by atomic mass is 79.9. The Kier molecular flexibility index (Phi) is 6.48. The number of ether oxygens (including phenoxy) is 2. The molecule has 0 saturated carbocycles. The number of allylic oxidation sites excluding steroid dienone is 1. The highest BCUT2D eigenvalue weighted by Crippen LogP contribution is 2.35. The number of furan rings is 1. The van der Waals surface area contributed by atoms with Gasteiger partial charge in [-0.05, 0) is 54.9 Å². The molecule has 3 heterocycles. The zero-order chi connectivity index (χ0) is 22.8. The lowest BCUT2D eigenvalue weighted by atomic mass is 9.95. The molecule has 1 aromatic carbocycles. The van der Waals surface area contributed by atoms with Crippen molar-refractivity contribution in [2.75, 3.05) is 13.2 Å². The Morgan fingerprint density at radius 1 is 1.25 bits per heavy atom. The van der Waals surface area contributed by atoms with Gasteiger partial charge >= 0.3 is 5.97 Å². The van der Waals surface area contributed by atoms with E-state index in [4.69, 9.17) is 13.9 Å². The fourth-order valence-corrected chi connectivity index (χ4v) is 4.96. The van der Waals surface area contributed by atoms with Crippen LogP contribution in [0.1, 0.15) is 38.1 Å². The van der Waals surface area contributed by atoms with Crippen LogP contribution in [0.25, 0.3) is 6.08 Å². The minimum absolute atomic E-state index is 0.216. The van der Waals surface area contributed by atoms with E-state index in [9.17, 15) is 9.59 Å². The number of hydrogen-bond donors (Lipinski definition) is 0. The Balaban J connectivity index is 1.99. The Hall–Kier alpha value is -2.91. The summed E-state index contributed by atoms with van der Waals surface area (Å²) in [6.07, 6.45) is 1.67. The standard InChI is InChI=1S/C23H21BrN2O5S/c1-4-29-16-9-7-6-8-15(16)20-19(22(28)30-5-2)13(3)25-23-26(20)21(27)17(32-23)12-14-10-11-18(24)31-14/h6-12,20H,4-5H2,1-3H3/b17-12-/t20-/m0/s1. The fourth-order valence-electron chi connectivity index (χ4n) is 3.61. The van der Waals surface area contributed by atoms with Gasteiger partial charge < -0.3 is 13.9 Å². The molecule has 0 radical (unpaired) electrons. The molecular weight excluding hydrogens is 496 g/mol. The monoisotopic (exact) mass is 516 g/mol. The van der Waals surface area contributed by atoms with E-state index in [1.807, 2.05) is 31.2 Å². The molecule has 0 unspecified atom stereocenters. The number of hydrogen-bond acceptors (Lipinski definition) is 7. The molecule has 0 fully saturated rings. The predicted molar refractivity (Wildman–Crippen MR) is 124 cm³/mol. The van der Waals surface area contributed by atoms with Crippen LogP contribution in [-0.4, -0.2) is 23.8 Å². The second kappa shape index (κ2) is 9.30.